The normalized spacial score (nSPS) is 14.7. The summed E-state index contributed by atoms with van der Waals surface area (Å²) in [5, 5.41) is 20.7. The van der Waals surface area contributed by atoms with E-state index in [1.165, 1.54) is 12.8 Å². The molecule has 238 valence electrons. The molecule has 11 nitrogen and oxygen atoms in total. The number of anilines is 2. The van der Waals surface area contributed by atoms with E-state index in [0.717, 1.165) is 55.2 Å². The third-order valence-electron chi connectivity index (χ3n) is 5.91. The second-order valence-corrected chi connectivity index (χ2v) is 10.1. The third kappa shape index (κ3) is 11.9. The van der Waals surface area contributed by atoms with Gasteiger partial charge in [0.1, 0.15) is 5.82 Å². The van der Waals surface area contributed by atoms with Gasteiger partial charge >= 0.3 is 24.3 Å². The molecule has 1 amide bonds. The van der Waals surface area contributed by atoms with Gasteiger partial charge in [0.25, 0.3) is 5.91 Å². The third-order valence-corrected chi connectivity index (χ3v) is 5.91. The van der Waals surface area contributed by atoms with Crippen LogP contribution in [0.2, 0.25) is 0 Å². The van der Waals surface area contributed by atoms with Crippen molar-refractivity contribution in [3.05, 3.63) is 40.8 Å². The summed E-state index contributed by atoms with van der Waals surface area (Å²) in [5.41, 5.74) is 3.91. The van der Waals surface area contributed by atoms with Crippen molar-refractivity contribution < 1.29 is 50.9 Å². The average Bonchev–Trinajstić information content (AvgIpc) is 3.74. The van der Waals surface area contributed by atoms with Crippen LogP contribution in [0.3, 0.4) is 0 Å². The Hall–Kier alpha value is -4.18. The number of nitrogens with zero attached hydrogens (tertiary/aromatic N) is 4. The number of carboxylic acids is 2. The van der Waals surface area contributed by atoms with Gasteiger partial charge in [0, 0.05) is 50.2 Å². The van der Waals surface area contributed by atoms with Gasteiger partial charge in [-0.15, -0.1) is 0 Å². The maximum Gasteiger partial charge on any atom is 0.490 e. The highest BCUT2D eigenvalue weighted by molar-refractivity contribution is 5.99. The largest absolute Gasteiger partial charge is 0.490 e. The summed E-state index contributed by atoms with van der Waals surface area (Å²) in [6, 6.07) is 2.24. The summed E-state index contributed by atoms with van der Waals surface area (Å²) in [5.74, 6) is -3.45. The van der Waals surface area contributed by atoms with Crippen LogP contribution in [0.1, 0.15) is 53.9 Å². The highest BCUT2D eigenvalue weighted by Crippen LogP contribution is 2.28. The lowest BCUT2D eigenvalue weighted by molar-refractivity contribution is -0.193. The first-order valence-electron chi connectivity index (χ1n) is 13.1. The number of hydrogen-bond acceptors (Lipinski definition) is 8. The van der Waals surface area contributed by atoms with Gasteiger partial charge in [0.15, 0.2) is 0 Å². The van der Waals surface area contributed by atoms with Crippen LogP contribution < -0.4 is 15.5 Å². The number of carbonyl (C=O) groups excluding carboxylic acids is 1. The summed E-state index contributed by atoms with van der Waals surface area (Å²) < 4.78 is 63.5. The molecule has 1 aliphatic carbocycles. The van der Waals surface area contributed by atoms with Gasteiger partial charge in [0.05, 0.1) is 5.56 Å². The van der Waals surface area contributed by atoms with E-state index < -0.39 is 24.3 Å². The predicted molar refractivity (Wildman–Crippen MR) is 142 cm³/mol. The lowest BCUT2D eigenvalue weighted by Gasteiger charge is -2.19. The Morgan fingerprint density at radius 2 is 1.49 bits per heavy atom. The molecule has 1 fully saturated rings. The molecule has 1 aliphatic heterocycles. The Kier molecular flexibility index (Phi) is 12.1. The number of aliphatic carboxylic acids is 2. The molecule has 0 atom stereocenters. The number of aryl methyl sites for hydroxylation is 1. The van der Waals surface area contributed by atoms with E-state index in [1.54, 1.807) is 0 Å². The van der Waals surface area contributed by atoms with Gasteiger partial charge in [0.2, 0.25) is 5.95 Å². The van der Waals surface area contributed by atoms with Crippen molar-refractivity contribution in [2.24, 2.45) is 5.92 Å². The monoisotopic (exact) mass is 622 g/mol. The van der Waals surface area contributed by atoms with Crippen LogP contribution in [-0.4, -0.2) is 81.0 Å². The van der Waals surface area contributed by atoms with E-state index in [0.29, 0.717) is 17.3 Å². The summed E-state index contributed by atoms with van der Waals surface area (Å²) >= 11 is 0. The smallest absolute Gasteiger partial charge is 0.475 e. The summed E-state index contributed by atoms with van der Waals surface area (Å²) in [6.07, 6.45) is -2.39. The number of pyridine rings is 1. The van der Waals surface area contributed by atoms with Gasteiger partial charge in [-0.25, -0.2) is 24.5 Å². The molecule has 0 unspecified atom stereocenters. The highest BCUT2D eigenvalue weighted by atomic mass is 19.4. The predicted octanol–water partition coefficient (Wildman–Crippen LogP) is 4.01. The van der Waals surface area contributed by atoms with Gasteiger partial charge in [-0.05, 0) is 63.1 Å². The van der Waals surface area contributed by atoms with Crippen LogP contribution in [-0.2, 0) is 22.4 Å². The van der Waals surface area contributed by atoms with Gasteiger partial charge in [-0.2, -0.15) is 26.3 Å². The first-order chi connectivity index (χ1) is 19.9. The zero-order valence-electron chi connectivity index (χ0n) is 23.5. The van der Waals surface area contributed by atoms with Crippen LogP contribution in [0, 0.1) is 12.8 Å². The zero-order chi connectivity index (χ0) is 32.5. The molecule has 3 heterocycles. The molecule has 0 saturated heterocycles. The van der Waals surface area contributed by atoms with E-state index in [2.05, 4.69) is 39.3 Å². The van der Waals surface area contributed by atoms with E-state index >= 15 is 0 Å². The Morgan fingerprint density at radius 3 is 1.95 bits per heavy atom. The molecule has 2 aromatic heterocycles. The summed E-state index contributed by atoms with van der Waals surface area (Å²) in [7, 11) is 0. The number of amides is 1. The first-order valence-corrected chi connectivity index (χ1v) is 13.1. The molecule has 43 heavy (non-hydrogen) atoms. The molecule has 0 radical (unpaired) electrons. The Balaban J connectivity index is 0.000000384. The number of carbonyl (C=O) groups is 3. The Bertz CT molecular complexity index is 1240. The quantitative estimate of drug-likeness (QED) is 0.347. The number of carboxylic acid groups (broad SMARTS) is 2. The van der Waals surface area contributed by atoms with Crippen LogP contribution in [0.15, 0.2) is 18.5 Å². The van der Waals surface area contributed by atoms with Gasteiger partial charge in [-0.3, -0.25) is 4.79 Å². The van der Waals surface area contributed by atoms with E-state index in [9.17, 15) is 31.1 Å². The van der Waals surface area contributed by atoms with Crippen molar-refractivity contribution in [1.29, 1.82) is 0 Å². The molecule has 2 aliphatic rings. The maximum absolute atomic E-state index is 12.8. The number of hydrogen-bond donors (Lipinski definition) is 4. The number of rotatable bonds is 6. The standard InChI is InChI=1S/C22H30N6O.2C2HF3O2/c1-14(2)26-20-18(21(29)23-13-16-4-5-16)10-17-6-8-28(9-7-19(17)27-20)22-24-11-15(3)12-25-22;2*3-2(4,5)1(6)7/h10-12,14,16H,4-9,13H2,1-3H3,(H,23,29)(H,26,27);2*(H,6,7). The molecular formula is C26H32F6N6O5. The molecule has 1 saturated carbocycles. The number of nitrogens with one attached hydrogen (secondary N) is 2. The van der Waals surface area contributed by atoms with Crippen molar-refractivity contribution in [2.45, 2.75) is 64.8 Å². The van der Waals surface area contributed by atoms with E-state index in [-0.39, 0.29) is 11.9 Å². The van der Waals surface area contributed by atoms with Crippen molar-refractivity contribution in [1.82, 2.24) is 20.3 Å². The molecule has 0 aromatic carbocycles. The second kappa shape index (κ2) is 14.8. The van der Waals surface area contributed by atoms with Gasteiger partial charge < -0.3 is 25.7 Å². The molecule has 2 aromatic rings. The fourth-order valence-electron chi connectivity index (χ4n) is 3.59. The lowest BCUT2D eigenvalue weighted by atomic mass is 10.0. The minimum atomic E-state index is -5.08. The van der Waals surface area contributed by atoms with E-state index in [1.807, 2.05) is 25.4 Å². The van der Waals surface area contributed by atoms with Crippen molar-refractivity contribution in [3.8, 4) is 0 Å². The topological polar surface area (TPSA) is 158 Å². The Labute approximate surface area is 242 Å². The second-order valence-electron chi connectivity index (χ2n) is 10.1. The summed E-state index contributed by atoms with van der Waals surface area (Å²) in [6.45, 7) is 8.52. The molecule has 0 bridgehead atoms. The fraction of sp³-hybridized carbons (Fsp3) is 0.538. The van der Waals surface area contributed by atoms with Gasteiger partial charge in [-0.1, -0.05) is 0 Å². The number of halogens is 6. The number of fused-ring (bicyclic) bond motifs is 1. The molecule has 4 rings (SSSR count). The van der Waals surface area contributed by atoms with Crippen molar-refractivity contribution in [3.63, 3.8) is 0 Å². The van der Waals surface area contributed by atoms with Crippen molar-refractivity contribution in [2.75, 3.05) is 29.9 Å². The minimum Gasteiger partial charge on any atom is -0.475 e. The lowest BCUT2D eigenvalue weighted by Crippen LogP contribution is -2.28. The Morgan fingerprint density at radius 1 is 0.977 bits per heavy atom. The number of alkyl halides is 6. The number of aromatic nitrogens is 3. The average molecular weight is 623 g/mol. The zero-order valence-corrected chi connectivity index (χ0v) is 23.5. The van der Waals surface area contributed by atoms with Crippen LogP contribution in [0.25, 0.3) is 0 Å². The van der Waals surface area contributed by atoms with Crippen molar-refractivity contribution >= 4 is 29.6 Å². The first kappa shape index (κ1) is 35.0. The SMILES string of the molecule is Cc1cnc(N2CCc3cc(C(=O)NCC4CC4)c(NC(C)C)nc3CC2)nc1.O=C(O)C(F)(F)F.O=C(O)C(F)(F)F. The summed E-state index contributed by atoms with van der Waals surface area (Å²) in [4.78, 5) is 46.7. The highest BCUT2D eigenvalue weighted by Gasteiger charge is 2.39. The maximum atomic E-state index is 12.8. The van der Waals surface area contributed by atoms with Crippen LogP contribution in [0.4, 0.5) is 38.1 Å². The molecule has 0 spiro atoms. The molecule has 17 heteroatoms. The minimum absolute atomic E-state index is 0.0293. The fourth-order valence-corrected chi connectivity index (χ4v) is 3.59. The van der Waals surface area contributed by atoms with Crippen LogP contribution in [0.5, 0.6) is 0 Å². The molecule has 4 N–H and O–H groups in total. The van der Waals surface area contributed by atoms with E-state index in [4.69, 9.17) is 24.8 Å². The molecular weight excluding hydrogens is 590 g/mol. The van der Waals surface area contributed by atoms with Crippen LogP contribution >= 0.6 is 0 Å².